The van der Waals surface area contributed by atoms with E-state index in [2.05, 4.69) is 40.8 Å². The zero-order chi connectivity index (χ0) is 14.7. The highest BCUT2D eigenvalue weighted by Gasteiger charge is 2.22. The predicted molar refractivity (Wildman–Crippen MR) is 85.2 cm³/mol. The van der Waals surface area contributed by atoms with Crippen molar-refractivity contribution in [3.05, 3.63) is 30.0 Å². The molecule has 0 bridgehead atoms. The van der Waals surface area contributed by atoms with Gasteiger partial charge in [-0.25, -0.2) is 0 Å². The molecular weight excluding hydrogens is 262 g/mol. The summed E-state index contributed by atoms with van der Waals surface area (Å²) in [6.07, 6.45) is 4.83. The number of rotatable bonds is 4. The molecule has 1 aromatic carbocycles. The van der Waals surface area contributed by atoms with Crippen molar-refractivity contribution in [1.82, 2.24) is 14.7 Å². The Hall–Kier alpha value is -1.39. The molecule has 1 atom stereocenters. The van der Waals surface area contributed by atoms with Crippen LogP contribution in [-0.2, 0) is 13.1 Å². The molecule has 4 nitrogen and oxygen atoms in total. The highest BCUT2D eigenvalue weighted by atomic mass is 16.3. The molecular formula is C17H25N3O. The Bertz CT molecular complexity index is 593. The molecule has 21 heavy (non-hydrogen) atoms. The normalized spacial score (nSPS) is 20.8. The van der Waals surface area contributed by atoms with Gasteiger partial charge in [-0.2, -0.15) is 5.10 Å². The number of fused-ring (bicyclic) bond motifs is 1. The molecule has 0 saturated carbocycles. The van der Waals surface area contributed by atoms with E-state index in [1.54, 1.807) is 0 Å². The van der Waals surface area contributed by atoms with E-state index in [-0.39, 0.29) is 12.6 Å². The van der Waals surface area contributed by atoms with Crippen LogP contribution in [-0.4, -0.2) is 39.0 Å². The summed E-state index contributed by atoms with van der Waals surface area (Å²) in [5.74, 6) is 0. The summed E-state index contributed by atoms with van der Waals surface area (Å²) in [5.41, 5.74) is 2.36. The average Bonchev–Trinajstić information content (AvgIpc) is 2.72. The summed E-state index contributed by atoms with van der Waals surface area (Å²) in [5, 5.41) is 15.7. The number of aliphatic hydroxyl groups is 1. The van der Waals surface area contributed by atoms with E-state index in [9.17, 15) is 5.11 Å². The van der Waals surface area contributed by atoms with Gasteiger partial charge in [0.25, 0.3) is 0 Å². The van der Waals surface area contributed by atoms with Gasteiger partial charge >= 0.3 is 0 Å². The molecule has 0 spiro atoms. The van der Waals surface area contributed by atoms with Crippen LogP contribution in [0.4, 0.5) is 0 Å². The van der Waals surface area contributed by atoms with Gasteiger partial charge in [-0.3, -0.25) is 9.58 Å². The Morgan fingerprint density at radius 1 is 1.24 bits per heavy atom. The van der Waals surface area contributed by atoms with Crippen molar-refractivity contribution in [3.8, 4) is 0 Å². The van der Waals surface area contributed by atoms with Crippen molar-refractivity contribution in [2.75, 3.05) is 13.2 Å². The van der Waals surface area contributed by atoms with Crippen LogP contribution in [0.2, 0.25) is 0 Å². The maximum Gasteiger partial charge on any atom is 0.0843 e. The first kappa shape index (κ1) is 14.5. The summed E-state index contributed by atoms with van der Waals surface area (Å²) in [6, 6.07) is 8.75. The van der Waals surface area contributed by atoms with Crippen LogP contribution in [0.25, 0.3) is 10.9 Å². The molecule has 0 radical (unpaired) electrons. The van der Waals surface area contributed by atoms with Gasteiger partial charge in [0.15, 0.2) is 0 Å². The lowest BCUT2D eigenvalue weighted by Crippen LogP contribution is -2.37. The Morgan fingerprint density at radius 2 is 2.10 bits per heavy atom. The minimum absolute atomic E-state index is 0.256. The van der Waals surface area contributed by atoms with Gasteiger partial charge in [-0.1, -0.05) is 31.0 Å². The number of para-hydroxylation sites is 1. The molecule has 2 aromatic rings. The maximum atomic E-state index is 9.66. The SMILES string of the molecule is CCn1nc(CN2CCCCCC2CO)c2ccccc21. The standard InChI is InChI=1S/C17H25N3O/c1-2-20-17-10-6-5-9-15(17)16(18-20)12-19-11-7-3-4-8-14(19)13-21/h5-6,9-10,14,21H,2-4,7-8,11-13H2,1H3. The monoisotopic (exact) mass is 287 g/mol. The first-order valence-electron chi connectivity index (χ1n) is 8.12. The van der Waals surface area contributed by atoms with Crippen LogP contribution in [0, 0.1) is 0 Å². The molecule has 0 amide bonds. The Labute approximate surface area is 126 Å². The molecule has 114 valence electrons. The summed E-state index contributed by atoms with van der Waals surface area (Å²) >= 11 is 0. The molecule has 1 aliphatic rings. The summed E-state index contributed by atoms with van der Waals surface area (Å²) in [4.78, 5) is 2.42. The molecule has 1 fully saturated rings. The predicted octanol–water partition coefficient (Wildman–Crippen LogP) is 2.79. The largest absolute Gasteiger partial charge is 0.395 e. The van der Waals surface area contributed by atoms with E-state index < -0.39 is 0 Å². The van der Waals surface area contributed by atoms with Crippen LogP contribution in [0.5, 0.6) is 0 Å². The van der Waals surface area contributed by atoms with Crippen LogP contribution in [0.15, 0.2) is 24.3 Å². The van der Waals surface area contributed by atoms with Crippen LogP contribution in [0.1, 0.15) is 38.3 Å². The van der Waals surface area contributed by atoms with Gasteiger partial charge in [0.1, 0.15) is 0 Å². The second kappa shape index (κ2) is 6.58. The highest BCUT2D eigenvalue weighted by Crippen LogP contribution is 2.23. The van der Waals surface area contributed by atoms with E-state index in [0.717, 1.165) is 31.7 Å². The molecule has 2 heterocycles. The molecule has 1 aliphatic heterocycles. The number of benzene rings is 1. The lowest BCUT2D eigenvalue weighted by atomic mass is 10.1. The van der Waals surface area contributed by atoms with Crippen molar-refractivity contribution >= 4 is 10.9 Å². The van der Waals surface area contributed by atoms with Crippen LogP contribution in [0.3, 0.4) is 0 Å². The minimum atomic E-state index is 0.256. The number of aliphatic hydroxyl groups excluding tert-OH is 1. The van der Waals surface area contributed by atoms with Gasteiger partial charge in [-0.05, 0) is 32.4 Å². The maximum absolute atomic E-state index is 9.66. The zero-order valence-corrected chi connectivity index (χ0v) is 12.8. The third kappa shape index (κ3) is 2.97. The van der Waals surface area contributed by atoms with Crippen LogP contribution >= 0.6 is 0 Å². The molecule has 4 heteroatoms. The Morgan fingerprint density at radius 3 is 2.90 bits per heavy atom. The summed E-state index contributed by atoms with van der Waals surface area (Å²) < 4.78 is 2.08. The van der Waals surface area contributed by atoms with Crippen molar-refractivity contribution in [1.29, 1.82) is 0 Å². The van der Waals surface area contributed by atoms with Gasteiger partial charge in [-0.15, -0.1) is 0 Å². The minimum Gasteiger partial charge on any atom is -0.395 e. The van der Waals surface area contributed by atoms with E-state index in [1.807, 2.05) is 0 Å². The number of nitrogens with zero attached hydrogens (tertiary/aromatic N) is 3. The molecule has 3 rings (SSSR count). The average molecular weight is 287 g/mol. The number of hydrogen-bond donors (Lipinski definition) is 1. The zero-order valence-electron chi connectivity index (χ0n) is 12.8. The topological polar surface area (TPSA) is 41.3 Å². The molecule has 1 saturated heterocycles. The molecule has 1 aromatic heterocycles. The molecule has 1 unspecified atom stereocenters. The van der Waals surface area contributed by atoms with Gasteiger partial charge in [0.2, 0.25) is 0 Å². The van der Waals surface area contributed by atoms with Crippen molar-refractivity contribution in [3.63, 3.8) is 0 Å². The van der Waals surface area contributed by atoms with E-state index in [1.165, 1.54) is 30.2 Å². The number of aryl methyl sites for hydroxylation is 1. The summed E-state index contributed by atoms with van der Waals surface area (Å²) in [7, 11) is 0. The Balaban J connectivity index is 1.89. The Kier molecular flexibility index (Phi) is 4.56. The number of likely N-dealkylation sites (tertiary alicyclic amines) is 1. The quantitative estimate of drug-likeness (QED) is 0.940. The third-order valence-corrected chi connectivity index (χ3v) is 4.60. The fourth-order valence-electron chi connectivity index (χ4n) is 3.40. The van der Waals surface area contributed by atoms with E-state index in [0.29, 0.717) is 0 Å². The fourth-order valence-corrected chi connectivity index (χ4v) is 3.40. The smallest absolute Gasteiger partial charge is 0.0843 e. The number of aromatic nitrogens is 2. The molecule has 1 N–H and O–H groups in total. The first-order chi connectivity index (χ1) is 10.3. The fraction of sp³-hybridized carbons (Fsp3) is 0.588. The van der Waals surface area contributed by atoms with Crippen molar-refractivity contribution in [2.24, 2.45) is 0 Å². The second-order valence-corrected chi connectivity index (χ2v) is 5.94. The van der Waals surface area contributed by atoms with Crippen LogP contribution < -0.4 is 0 Å². The second-order valence-electron chi connectivity index (χ2n) is 5.94. The highest BCUT2D eigenvalue weighted by molar-refractivity contribution is 5.81. The number of hydrogen-bond acceptors (Lipinski definition) is 3. The van der Waals surface area contributed by atoms with Gasteiger partial charge in [0, 0.05) is 24.5 Å². The van der Waals surface area contributed by atoms with Gasteiger partial charge < -0.3 is 5.11 Å². The van der Waals surface area contributed by atoms with Gasteiger partial charge in [0.05, 0.1) is 17.8 Å². The lowest BCUT2D eigenvalue weighted by molar-refractivity contribution is 0.117. The van der Waals surface area contributed by atoms with E-state index >= 15 is 0 Å². The first-order valence-corrected chi connectivity index (χ1v) is 8.12. The summed E-state index contributed by atoms with van der Waals surface area (Å²) in [6.45, 7) is 5.19. The van der Waals surface area contributed by atoms with Crippen molar-refractivity contribution < 1.29 is 5.11 Å². The molecule has 0 aliphatic carbocycles. The van der Waals surface area contributed by atoms with E-state index in [4.69, 9.17) is 5.10 Å². The third-order valence-electron chi connectivity index (χ3n) is 4.60. The van der Waals surface area contributed by atoms with Crippen molar-refractivity contribution in [2.45, 2.75) is 51.7 Å². The lowest BCUT2D eigenvalue weighted by Gasteiger charge is -2.27.